The highest BCUT2D eigenvalue weighted by molar-refractivity contribution is 4.85. The summed E-state index contributed by atoms with van der Waals surface area (Å²) in [6.45, 7) is 2.03. The summed E-state index contributed by atoms with van der Waals surface area (Å²) in [5.74, 6) is 0. The van der Waals surface area contributed by atoms with Crippen molar-refractivity contribution in [2.24, 2.45) is 0 Å². The molecule has 1 N–H and O–H groups in total. The number of rotatable bonds is 4. The van der Waals surface area contributed by atoms with Crippen molar-refractivity contribution in [1.29, 1.82) is 0 Å². The predicted octanol–water partition coefficient (Wildman–Crippen LogP) is 3.18. The first kappa shape index (κ1) is 15.8. The maximum Gasteiger partial charge on any atom is 0.401 e. The Hall–Kier alpha value is -0.290. The van der Waals surface area contributed by atoms with Crippen molar-refractivity contribution in [2.45, 2.75) is 63.7 Å². The highest BCUT2D eigenvalue weighted by Gasteiger charge is 2.34. The van der Waals surface area contributed by atoms with Crippen LogP contribution < -0.4 is 5.32 Å². The zero-order valence-corrected chi connectivity index (χ0v) is 11.4. The number of nitrogens with one attached hydrogen (secondary N) is 1. The van der Waals surface area contributed by atoms with Gasteiger partial charge in [-0.1, -0.05) is 32.6 Å². The lowest BCUT2D eigenvalue weighted by atomic mass is 9.91. The van der Waals surface area contributed by atoms with E-state index in [0.717, 1.165) is 38.6 Å². The average Bonchev–Trinajstić information content (AvgIpc) is 2.19. The van der Waals surface area contributed by atoms with Crippen LogP contribution in [0.3, 0.4) is 0 Å². The summed E-state index contributed by atoms with van der Waals surface area (Å²) in [7, 11) is 1.60. The van der Waals surface area contributed by atoms with Crippen molar-refractivity contribution in [3.05, 3.63) is 0 Å². The largest absolute Gasteiger partial charge is 0.401 e. The van der Waals surface area contributed by atoms with Crippen molar-refractivity contribution in [3.8, 4) is 0 Å². The van der Waals surface area contributed by atoms with Crippen molar-refractivity contribution in [1.82, 2.24) is 10.2 Å². The lowest BCUT2D eigenvalue weighted by Gasteiger charge is -2.37. The van der Waals surface area contributed by atoms with Gasteiger partial charge in [0, 0.05) is 12.1 Å². The molecule has 1 fully saturated rings. The quantitative estimate of drug-likeness (QED) is 0.840. The molecule has 1 saturated carbocycles. The second kappa shape index (κ2) is 7.34. The normalized spacial score (nSPS) is 27.0. The number of halogens is 3. The third kappa shape index (κ3) is 5.57. The van der Waals surface area contributed by atoms with E-state index in [4.69, 9.17) is 0 Å². The van der Waals surface area contributed by atoms with Crippen LogP contribution in [-0.2, 0) is 0 Å². The Morgan fingerprint density at radius 2 is 1.72 bits per heavy atom. The third-order valence-electron chi connectivity index (χ3n) is 3.69. The average molecular weight is 266 g/mol. The van der Waals surface area contributed by atoms with E-state index in [1.807, 2.05) is 6.92 Å². The van der Waals surface area contributed by atoms with Crippen LogP contribution in [0.25, 0.3) is 0 Å². The fourth-order valence-corrected chi connectivity index (χ4v) is 2.89. The monoisotopic (exact) mass is 266 g/mol. The lowest BCUT2D eigenvalue weighted by molar-refractivity contribution is -0.149. The van der Waals surface area contributed by atoms with E-state index in [-0.39, 0.29) is 12.1 Å². The molecule has 0 radical (unpaired) electrons. The molecular weight excluding hydrogens is 241 g/mol. The molecule has 18 heavy (non-hydrogen) atoms. The minimum absolute atomic E-state index is 0.00637. The fraction of sp³-hybridized carbons (Fsp3) is 1.00. The number of likely N-dealkylation sites (N-methyl/N-ethyl adjacent to an activating group) is 2. The SMILES string of the molecule is CCNC1CCCCCCC1N(C)CC(F)(F)F. The number of alkyl halides is 3. The highest BCUT2D eigenvalue weighted by atomic mass is 19.4. The fourth-order valence-electron chi connectivity index (χ4n) is 2.89. The Morgan fingerprint density at radius 1 is 1.11 bits per heavy atom. The van der Waals surface area contributed by atoms with Gasteiger partial charge in [-0.15, -0.1) is 0 Å². The Kier molecular flexibility index (Phi) is 6.43. The number of hydrogen-bond donors (Lipinski definition) is 1. The van der Waals surface area contributed by atoms with E-state index in [1.54, 1.807) is 7.05 Å². The van der Waals surface area contributed by atoms with Crippen molar-refractivity contribution < 1.29 is 13.2 Å². The van der Waals surface area contributed by atoms with Crippen LogP contribution in [0.15, 0.2) is 0 Å². The van der Waals surface area contributed by atoms with Crippen molar-refractivity contribution in [3.63, 3.8) is 0 Å². The summed E-state index contributed by atoms with van der Waals surface area (Å²) in [5.41, 5.74) is 0. The molecule has 1 aliphatic carbocycles. The third-order valence-corrected chi connectivity index (χ3v) is 3.69. The van der Waals surface area contributed by atoms with Gasteiger partial charge in [0.25, 0.3) is 0 Å². The molecule has 0 bridgehead atoms. The summed E-state index contributed by atoms with van der Waals surface area (Å²) in [6, 6.07) is 0.203. The second-order valence-electron chi connectivity index (χ2n) is 5.25. The molecule has 1 aliphatic rings. The summed E-state index contributed by atoms with van der Waals surface area (Å²) in [6.07, 6.45) is 2.26. The van der Waals surface area contributed by atoms with Gasteiger partial charge in [-0.05, 0) is 26.4 Å². The van der Waals surface area contributed by atoms with E-state index in [1.165, 1.54) is 11.3 Å². The topological polar surface area (TPSA) is 15.3 Å². The van der Waals surface area contributed by atoms with Crippen LogP contribution in [0.4, 0.5) is 13.2 Å². The Morgan fingerprint density at radius 3 is 2.28 bits per heavy atom. The van der Waals surface area contributed by atoms with Gasteiger partial charge in [0.05, 0.1) is 6.54 Å². The maximum absolute atomic E-state index is 12.5. The zero-order valence-electron chi connectivity index (χ0n) is 11.4. The Balaban J connectivity index is 2.64. The summed E-state index contributed by atoms with van der Waals surface area (Å²) in [4.78, 5) is 1.48. The molecule has 108 valence electrons. The molecule has 0 amide bonds. The van der Waals surface area contributed by atoms with Crippen molar-refractivity contribution >= 4 is 0 Å². The second-order valence-corrected chi connectivity index (χ2v) is 5.25. The van der Waals surface area contributed by atoms with Crippen LogP contribution in [0.1, 0.15) is 45.4 Å². The Bertz CT molecular complexity index is 231. The lowest BCUT2D eigenvalue weighted by Crippen LogP contribution is -2.51. The van der Waals surface area contributed by atoms with E-state index in [0.29, 0.717) is 0 Å². The number of hydrogen-bond acceptors (Lipinski definition) is 2. The molecule has 1 rings (SSSR count). The summed E-state index contributed by atoms with van der Waals surface area (Å²) < 4.78 is 37.5. The van der Waals surface area contributed by atoms with Gasteiger partial charge < -0.3 is 5.32 Å². The van der Waals surface area contributed by atoms with Crippen LogP contribution >= 0.6 is 0 Å². The van der Waals surface area contributed by atoms with E-state index >= 15 is 0 Å². The van der Waals surface area contributed by atoms with Crippen molar-refractivity contribution in [2.75, 3.05) is 20.1 Å². The first-order valence-corrected chi connectivity index (χ1v) is 6.94. The molecule has 2 unspecified atom stereocenters. The number of nitrogens with zero attached hydrogens (tertiary/aromatic N) is 1. The van der Waals surface area contributed by atoms with Gasteiger partial charge in [-0.25, -0.2) is 0 Å². The van der Waals surface area contributed by atoms with Crippen LogP contribution in [-0.4, -0.2) is 43.3 Å². The van der Waals surface area contributed by atoms with E-state index < -0.39 is 12.7 Å². The van der Waals surface area contributed by atoms with Gasteiger partial charge in [0.15, 0.2) is 0 Å². The molecule has 0 aliphatic heterocycles. The molecule has 5 heteroatoms. The first-order valence-electron chi connectivity index (χ1n) is 6.94. The summed E-state index contributed by atoms with van der Waals surface area (Å²) >= 11 is 0. The molecule has 0 aromatic rings. The molecular formula is C13H25F3N2. The van der Waals surface area contributed by atoms with Crippen LogP contribution in [0, 0.1) is 0 Å². The highest BCUT2D eigenvalue weighted by Crippen LogP contribution is 2.24. The maximum atomic E-state index is 12.5. The molecule has 0 aromatic heterocycles. The van der Waals surface area contributed by atoms with Gasteiger partial charge in [0.2, 0.25) is 0 Å². The van der Waals surface area contributed by atoms with Gasteiger partial charge in [-0.3, -0.25) is 4.90 Å². The van der Waals surface area contributed by atoms with E-state index in [9.17, 15) is 13.2 Å². The van der Waals surface area contributed by atoms with Crippen LogP contribution in [0.2, 0.25) is 0 Å². The zero-order chi connectivity index (χ0) is 13.6. The van der Waals surface area contributed by atoms with Gasteiger partial charge in [-0.2, -0.15) is 13.2 Å². The molecule has 2 nitrogen and oxygen atoms in total. The summed E-state index contributed by atoms with van der Waals surface area (Å²) in [5, 5.41) is 3.36. The molecule has 0 heterocycles. The smallest absolute Gasteiger partial charge is 0.313 e. The predicted molar refractivity (Wildman–Crippen MR) is 67.6 cm³/mol. The molecule has 2 atom stereocenters. The van der Waals surface area contributed by atoms with Gasteiger partial charge >= 0.3 is 6.18 Å². The van der Waals surface area contributed by atoms with E-state index in [2.05, 4.69) is 5.32 Å². The minimum atomic E-state index is -4.10. The first-order chi connectivity index (χ1) is 8.44. The van der Waals surface area contributed by atoms with Crippen LogP contribution in [0.5, 0.6) is 0 Å². The molecule has 0 saturated heterocycles. The molecule has 0 spiro atoms. The van der Waals surface area contributed by atoms with Gasteiger partial charge in [0.1, 0.15) is 0 Å². The molecule has 0 aromatic carbocycles. The Labute approximate surface area is 108 Å². The minimum Gasteiger partial charge on any atom is -0.313 e. The standard InChI is InChI=1S/C13H25F3N2/c1-3-17-11-8-6-4-5-7-9-12(11)18(2)10-13(14,15)16/h11-12,17H,3-10H2,1-2H3.